The summed E-state index contributed by atoms with van der Waals surface area (Å²) in [6.07, 6.45) is 0. The van der Waals surface area contributed by atoms with E-state index in [0.717, 1.165) is 12.2 Å². The highest BCUT2D eigenvalue weighted by Gasteiger charge is 2.11. The summed E-state index contributed by atoms with van der Waals surface area (Å²) in [7, 11) is 0. The number of carbonyl (C=O) groups is 1. The molecule has 0 atom stereocenters. The maximum Gasteiger partial charge on any atom is 0.257 e. The molecule has 104 valence electrons. The SMILES string of the molecule is CCNc1ccccc1C(=O)Nc1ccc(O)c(Cl)c1. The zero-order valence-electron chi connectivity index (χ0n) is 11.0. The van der Waals surface area contributed by atoms with Crippen LogP contribution in [0.2, 0.25) is 5.02 Å². The monoisotopic (exact) mass is 290 g/mol. The Hall–Kier alpha value is -2.20. The number of benzene rings is 2. The van der Waals surface area contributed by atoms with Gasteiger partial charge in [-0.1, -0.05) is 23.7 Å². The molecule has 0 radical (unpaired) electrons. The zero-order chi connectivity index (χ0) is 14.5. The molecule has 0 unspecified atom stereocenters. The molecule has 0 aliphatic carbocycles. The van der Waals surface area contributed by atoms with Gasteiger partial charge in [-0.15, -0.1) is 0 Å². The fraction of sp³-hybridized carbons (Fsp3) is 0.133. The number of aromatic hydroxyl groups is 1. The summed E-state index contributed by atoms with van der Waals surface area (Å²) in [6, 6.07) is 11.8. The highest BCUT2D eigenvalue weighted by atomic mass is 35.5. The molecule has 2 aromatic rings. The van der Waals surface area contributed by atoms with Crippen LogP contribution >= 0.6 is 11.6 Å². The minimum Gasteiger partial charge on any atom is -0.506 e. The molecule has 20 heavy (non-hydrogen) atoms. The lowest BCUT2D eigenvalue weighted by Gasteiger charge is -2.11. The predicted octanol–water partition coefficient (Wildman–Crippen LogP) is 3.73. The van der Waals surface area contributed by atoms with Crippen molar-refractivity contribution >= 4 is 28.9 Å². The van der Waals surface area contributed by atoms with E-state index < -0.39 is 0 Å². The molecule has 5 heteroatoms. The number of hydrogen-bond donors (Lipinski definition) is 3. The Morgan fingerprint density at radius 2 is 2.00 bits per heavy atom. The third-order valence-electron chi connectivity index (χ3n) is 2.74. The molecule has 0 saturated heterocycles. The summed E-state index contributed by atoms with van der Waals surface area (Å²) in [5.41, 5.74) is 1.86. The molecule has 0 heterocycles. The van der Waals surface area contributed by atoms with Gasteiger partial charge in [0.05, 0.1) is 10.6 Å². The average Bonchev–Trinajstić information content (AvgIpc) is 2.44. The Morgan fingerprint density at radius 1 is 1.25 bits per heavy atom. The first-order valence-electron chi connectivity index (χ1n) is 6.24. The Bertz CT molecular complexity index is 629. The molecule has 2 rings (SSSR count). The molecule has 4 nitrogen and oxygen atoms in total. The van der Waals surface area contributed by atoms with E-state index in [1.807, 2.05) is 19.1 Å². The number of rotatable bonds is 4. The molecular formula is C15H15ClN2O2. The van der Waals surface area contributed by atoms with Crippen molar-refractivity contribution in [2.24, 2.45) is 0 Å². The van der Waals surface area contributed by atoms with E-state index in [9.17, 15) is 9.90 Å². The predicted molar refractivity (Wildman–Crippen MR) is 81.7 cm³/mol. The van der Waals surface area contributed by atoms with Crippen molar-refractivity contribution in [1.82, 2.24) is 0 Å². The van der Waals surface area contributed by atoms with Crippen LogP contribution in [0.1, 0.15) is 17.3 Å². The standard InChI is InChI=1S/C15H15ClN2O2/c1-2-17-13-6-4-3-5-11(13)15(20)18-10-7-8-14(19)12(16)9-10/h3-9,17,19H,2H2,1H3,(H,18,20). The van der Waals surface area contributed by atoms with Gasteiger partial charge in [0.25, 0.3) is 5.91 Å². The lowest BCUT2D eigenvalue weighted by atomic mass is 10.1. The van der Waals surface area contributed by atoms with E-state index in [1.165, 1.54) is 12.1 Å². The zero-order valence-corrected chi connectivity index (χ0v) is 11.7. The maximum absolute atomic E-state index is 12.2. The number of phenolic OH excluding ortho intramolecular Hbond substituents is 1. The van der Waals surface area contributed by atoms with Crippen LogP contribution in [0, 0.1) is 0 Å². The van der Waals surface area contributed by atoms with Gasteiger partial charge in [-0.05, 0) is 37.3 Å². The van der Waals surface area contributed by atoms with Crippen molar-refractivity contribution < 1.29 is 9.90 Å². The van der Waals surface area contributed by atoms with Crippen molar-refractivity contribution in [3.8, 4) is 5.75 Å². The van der Waals surface area contributed by atoms with Gasteiger partial charge in [-0.3, -0.25) is 4.79 Å². The van der Waals surface area contributed by atoms with Crippen LogP contribution < -0.4 is 10.6 Å². The summed E-state index contributed by atoms with van der Waals surface area (Å²) >= 11 is 5.81. The molecule has 0 aliphatic heterocycles. The van der Waals surface area contributed by atoms with Crippen LogP contribution in [0.25, 0.3) is 0 Å². The van der Waals surface area contributed by atoms with E-state index in [1.54, 1.807) is 18.2 Å². The van der Waals surface area contributed by atoms with Crippen molar-refractivity contribution in [3.63, 3.8) is 0 Å². The highest BCUT2D eigenvalue weighted by Crippen LogP contribution is 2.26. The van der Waals surface area contributed by atoms with Crippen LogP contribution in [-0.2, 0) is 0 Å². The normalized spacial score (nSPS) is 10.1. The lowest BCUT2D eigenvalue weighted by Crippen LogP contribution is -2.14. The first-order chi connectivity index (χ1) is 9.61. The smallest absolute Gasteiger partial charge is 0.257 e. The first-order valence-corrected chi connectivity index (χ1v) is 6.62. The molecule has 2 aromatic carbocycles. The van der Waals surface area contributed by atoms with Gasteiger partial charge in [0.2, 0.25) is 0 Å². The number of phenols is 1. The summed E-state index contributed by atoms with van der Waals surface area (Å²) in [5, 5.41) is 15.4. The van der Waals surface area contributed by atoms with Crippen LogP contribution in [0.15, 0.2) is 42.5 Å². The minimum atomic E-state index is -0.233. The molecule has 0 aromatic heterocycles. The van der Waals surface area contributed by atoms with Gasteiger partial charge < -0.3 is 15.7 Å². The van der Waals surface area contributed by atoms with E-state index in [4.69, 9.17) is 11.6 Å². The molecule has 0 aliphatic rings. The minimum absolute atomic E-state index is 0.0160. The summed E-state index contributed by atoms with van der Waals surface area (Å²) in [6.45, 7) is 2.70. The van der Waals surface area contributed by atoms with Crippen molar-refractivity contribution in [2.75, 3.05) is 17.2 Å². The quantitative estimate of drug-likeness (QED) is 0.752. The first kappa shape index (κ1) is 14.2. The van der Waals surface area contributed by atoms with E-state index in [0.29, 0.717) is 11.3 Å². The Kier molecular flexibility index (Phi) is 4.48. The van der Waals surface area contributed by atoms with Gasteiger partial charge in [0.15, 0.2) is 0 Å². The number of hydrogen-bond acceptors (Lipinski definition) is 3. The Labute approximate surface area is 122 Å². The van der Waals surface area contributed by atoms with Gasteiger partial charge in [-0.25, -0.2) is 0 Å². The largest absolute Gasteiger partial charge is 0.506 e. The fourth-order valence-corrected chi connectivity index (χ4v) is 1.99. The number of carbonyl (C=O) groups excluding carboxylic acids is 1. The van der Waals surface area contributed by atoms with E-state index in [2.05, 4.69) is 10.6 Å². The summed E-state index contributed by atoms with van der Waals surface area (Å²) < 4.78 is 0. The van der Waals surface area contributed by atoms with Crippen LogP contribution in [0.4, 0.5) is 11.4 Å². The molecule has 0 bridgehead atoms. The number of anilines is 2. The van der Waals surface area contributed by atoms with Gasteiger partial charge in [-0.2, -0.15) is 0 Å². The maximum atomic E-state index is 12.2. The van der Waals surface area contributed by atoms with Gasteiger partial charge in [0, 0.05) is 17.9 Å². The second-order valence-corrected chi connectivity index (χ2v) is 4.60. The number of amides is 1. The molecular weight excluding hydrogens is 276 g/mol. The summed E-state index contributed by atoms with van der Waals surface area (Å²) in [4.78, 5) is 12.2. The van der Waals surface area contributed by atoms with Crippen LogP contribution in [0.5, 0.6) is 5.75 Å². The number of para-hydroxylation sites is 1. The van der Waals surface area contributed by atoms with Crippen LogP contribution in [0.3, 0.4) is 0 Å². The third-order valence-corrected chi connectivity index (χ3v) is 3.05. The molecule has 0 spiro atoms. The topological polar surface area (TPSA) is 61.4 Å². The highest BCUT2D eigenvalue weighted by molar-refractivity contribution is 6.32. The Morgan fingerprint density at radius 3 is 2.70 bits per heavy atom. The van der Waals surface area contributed by atoms with Gasteiger partial charge in [0.1, 0.15) is 5.75 Å². The fourth-order valence-electron chi connectivity index (χ4n) is 1.81. The Balaban J connectivity index is 2.21. The molecule has 0 fully saturated rings. The average molecular weight is 291 g/mol. The summed E-state index contributed by atoms with van der Waals surface area (Å²) in [5.74, 6) is -0.249. The van der Waals surface area contributed by atoms with E-state index in [-0.39, 0.29) is 16.7 Å². The molecule has 3 N–H and O–H groups in total. The third kappa shape index (κ3) is 3.22. The second kappa shape index (κ2) is 6.30. The second-order valence-electron chi connectivity index (χ2n) is 4.20. The van der Waals surface area contributed by atoms with Gasteiger partial charge >= 0.3 is 0 Å². The van der Waals surface area contributed by atoms with Crippen molar-refractivity contribution in [1.29, 1.82) is 0 Å². The number of nitrogens with one attached hydrogen (secondary N) is 2. The molecule has 0 saturated carbocycles. The van der Waals surface area contributed by atoms with Crippen molar-refractivity contribution in [3.05, 3.63) is 53.1 Å². The number of halogens is 1. The van der Waals surface area contributed by atoms with E-state index >= 15 is 0 Å². The molecule has 1 amide bonds. The van der Waals surface area contributed by atoms with Crippen molar-refractivity contribution in [2.45, 2.75) is 6.92 Å². The van der Waals surface area contributed by atoms with Crippen LogP contribution in [-0.4, -0.2) is 17.6 Å². The lowest BCUT2D eigenvalue weighted by molar-refractivity contribution is 0.102.